The predicted octanol–water partition coefficient (Wildman–Crippen LogP) is 2.05. The van der Waals surface area contributed by atoms with Crippen LogP contribution in [0.1, 0.15) is 26.3 Å². The molecule has 1 aromatic heterocycles. The predicted molar refractivity (Wildman–Crippen MR) is 75.8 cm³/mol. The SMILES string of the molecule is CC(C)(C)NC(=O)Cn1ccc2cc(CO)ccc21. The van der Waals surface area contributed by atoms with E-state index in [9.17, 15) is 4.79 Å². The Morgan fingerprint density at radius 1 is 1.32 bits per heavy atom. The zero-order valence-corrected chi connectivity index (χ0v) is 11.6. The third-order valence-electron chi connectivity index (χ3n) is 2.85. The molecular formula is C15H20N2O2. The van der Waals surface area contributed by atoms with Gasteiger partial charge in [0.1, 0.15) is 6.54 Å². The first-order chi connectivity index (χ1) is 8.89. The molecule has 2 rings (SSSR count). The van der Waals surface area contributed by atoms with E-state index >= 15 is 0 Å². The first kappa shape index (κ1) is 13.6. The molecule has 0 spiro atoms. The van der Waals surface area contributed by atoms with Crippen molar-refractivity contribution in [1.29, 1.82) is 0 Å². The van der Waals surface area contributed by atoms with Crippen LogP contribution in [0.25, 0.3) is 10.9 Å². The summed E-state index contributed by atoms with van der Waals surface area (Å²) in [5, 5.41) is 13.1. The summed E-state index contributed by atoms with van der Waals surface area (Å²) in [5.74, 6) is -0.00349. The van der Waals surface area contributed by atoms with Crippen LogP contribution < -0.4 is 5.32 Å². The molecule has 0 atom stereocenters. The molecule has 0 fully saturated rings. The van der Waals surface area contributed by atoms with E-state index in [1.165, 1.54) is 0 Å². The van der Waals surface area contributed by atoms with Gasteiger partial charge < -0.3 is 15.0 Å². The molecule has 0 aliphatic carbocycles. The Morgan fingerprint density at radius 3 is 2.68 bits per heavy atom. The highest BCUT2D eigenvalue weighted by Crippen LogP contribution is 2.17. The van der Waals surface area contributed by atoms with E-state index < -0.39 is 0 Å². The molecule has 2 N–H and O–H groups in total. The molecule has 0 saturated carbocycles. The van der Waals surface area contributed by atoms with Crippen LogP contribution in [0.15, 0.2) is 30.5 Å². The first-order valence-electron chi connectivity index (χ1n) is 6.39. The molecule has 0 aliphatic rings. The van der Waals surface area contributed by atoms with Crippen molar-refractivity contribution in [2.24, 2.45) is 0 Å². The Labute approximate surface area is 113 Å². The topological polar surface area (TPSA) is 54.3 Å². The number of aliphatic hydroxyl groups excluding tert-OH is 1. The third kappa shape index (κ3) is 3.35. The molecule has 1 aromatic carbocycles. The highest BCUT2D eigenvalue weighted by atomic mass is 16.3. The van der Waals surface area contributed by atoms with Crippen molar-refractivity contribution in [3.8, 4) is 0 Å². The van der Waals surface area contributed by atoms with Crippen LogP contribution in [0.2, 0.25) is 0 Å². The minimum atomic E-state index is -0.218. The van der Waals surface area contributed by atoms with E-state index in [2.05, 4.69) is 5.32 Å². The summed E-state index contributed by atoms with van der Waals surface area (Å²) in [4.78, 5) is 11.9. The van der Waals surface area contributed by atoms with Crippen LogP contribution >= 0.6 is 0 Å². The largest absolute Gasteiger partial charge is 0.392 e. The summed E-state index contributed by atoms with van der Waals surface area (Å²) in [6.45, 7) is 6.23. The van der Waals surface area contributed by atoms with Crippen molar-refractivity contribution in [3.63, 3.8) is 0 Å². The van der Waals surface area contributed by atoms with E-state index in [-0.39, 0.29) is 18.1 Å². The van der Waals surface area contributed by atoms with Gasteiger partial charge in [0, 0.05) is 17.3 Å². The summed E-state index contributed by atoms with van der Waals surface area (Å²) in [7, 11) is 0. The number of carbonyl (C=O) groups excluding carboxylic acids is 1. The van der Waals surface area contributed by atoms with Crippen LogP contribution in [0.5, 0.6) is 0 Å². The smallest absolute Gasteiger partial charge is 0.240 e. The van der Waals surface area contributed by atoms with Gasteiger partial charge in [-0.15, -0.1) is 0 Å². The number of fused-ring (bicyclic) bond motifs is 1. The van der Waals surface area contributed by atoms with Gasteiger partial charge in [0.15, 0.2) is 0 Å². The third-order valence-corrected chi connectivity index (χ3v) is 2.85. The minimum Gasteiger partial charge on any atom is -0.392 e. The average Bonchev–Trinajstić information content (AvgIpc) is 2.69. The molecule has 1 amide bonds. The number of aliphatic hydroxyl groups is 1. The van der Waals surface area contributed by atoms with E-state index in [1.807, 2.05) is 55.8 Å². The lowest BCUT2D eigenvalue weighted by molar-refractivity contribution is -0.123. The maximum atomic E-state index is 11.9. The van der Waals surface area contributed by atoms with Crippen LogP contribution in [-0.4, -0.2) is 21.1 Å². The number of carbonyl (C=O) groups is 1. The zero-order chi connectivity index (χ0) is 14.0. The number of aromatic nitrogens is 1. The second-order valence-electron chi connectivity index (χ2n) is 5.79. The summed E-state index contributed by atoms with van der Waals surface area (Å²) in [5.41, 5.74) is 1.66. The van der Waals surface area contributed by atoms with Crippen LogP contribution in [0, 0.1) is 0 Å². The second kappa shape index (κ2) is 5.05. The summed E-state index contributed by atoms with van der Waals surface area (Å²) >= 11 is 0. The first-order valence-corrected chi connectivity index (χ1v) is 6.39. The molecule has 0 saturated heterocycles. The Bertz CT molecular complexity index is 594. The fourth-order valence-electron chi connectivity index (χ4n) is 2.10. The van der Waals surface area contributed by atoms with Gasteiger partial charge in [0.2, 0.25) is 5.91 Å². The number of nitrogens with zero attached hydrogens (tertiary/aromatic N) is 1. The molecule has 4 nitrogen and oxygen atoms in total. The van der Waals surface area contributed by atoms with Crippen molar-refractivity contribution in [1.82, 2.24) is 9.88 Å². The van der Waals surface area contributed by atoms with Gasteiger partial charge in [0.05, 0.1) is 6.61 Å². The molecular weight excluding hydrogens is 240 g/mol. The van der Waals surface area contributed by atoms with Crippen LogP contribution in [0.4, 0.5) is 0 Å². The Kier molecular flexibility index (Phi) is 3.62. The number of benzene rings is 1. The van der Waals surface area contributed by atoms with E-state index in [0.717, 1.165) is 16.5 Å². The minimum absolute atomic E-state index is 0.00349. The Balaban J connectivity index is 2.20. The average molecular weight is 260 g/mol. The van der Waals surface area contributed by atoms with Crippen molar-refractivity contribution < 1.29 is 9.90 Å². The monoisotopic (exact) mass is 260 g/mol. The van der Waals surface area contributed by atoms with Gasteiger partial charge in [-0.25, -0.2) is 0 Å². The number of hydrogen-bond donors (Lipinski definition) is 2. The lowest BCUT2D eigenvalue weighted by atomic mass is 10.1. The molecule has 0 bridgehead atoms. The summed E-state index contributed by atoms with van der Waals surface area (Å²) in [6, 6.07) is 7.71. The molecule has 0 radical (unpaired) electrons. The van der Waals surface area contributed by atoms with Gasteiger partial charge >= 0.3 is 0 Å². The number of rotatable bonds is 3. The maximum absolute atomic E-state index is 11.9. The quantitative estimate of drug-likeness (QED) is 0.887. The maximum Gasteiger partial charge on any atom is 0.240 e. The fourth-order valence-corrected chi connectivity index (χ4v) is 2.10. The highest BCUT2D eigenvalue weighted by molar-refractivity contribution is 5.84. The number of nitrogens with one attached hydrogen (secondary N) is 1. The van der Waals surface area contributed by atoms with E-state index in [1.54, 1.807) is 0 Å². The van der Waals surface area contributed by atoms with Crippen LogP contribution in [0.3, 0.4) is 0 Å². The molecule has 19 heavy (non-hydrogen) atoms. The molecule has 2 aromatic rings. The Hall–Kier alpha value is -1.81. The van der Waals surface area contributed by atoms with Gasteiger partial charge in [-0.1, -0.05) is 6.07 Å². The van der Waals surface area contributed by atoms with E-state index in [0.29, 0.717) is 6.54 Å². The van der Waals surface area contributed by atoms with Crippen molar-refractivity contribution in [2.75, 3.05) is 0 Å². The van der Waals surface area contributed by atoms with Crippen molar-refractivity contribution in [3.05, 3.63) is 36.0 Å². The van der Waals surface area contributed by atoms with Crippen molar-refractivity contribution >= 4 is 16.8 Å². The van der Waals surface area contributed by atoms with Crippen LogP contribution in [-0.2, 0) is 17.9 Å². The number of amides is 1. The molecule has 4 heteroatoms. The molecule has 0 aliphatic heterocycles. The van der Waals surface area contributed by atoms with Gasteiger partial charge in [-0.05, 0) is 49.9 Å². The Morgan fingerprint density at radius 2 is 2.05 bits per heavy atom. The van der Waals surface area contributed by atoms with Crippen molar-refractivity contribution in [2.45, 2.75) is 39.5 Å². The lowest BCUT2D eigenvalue weighted by Gasteiger charge is -2.20. The highest BCUT2D eigenvalue weighted by Gasteiger charge is 2.14. The normalized spacial score (nSPS) is 11.8. The summed E-state index contributed by atoms with van der Waals surface area (Å²) < 4.78 is 1.91. The second-order valence-corrected chi connectivity index (χ2v) is 5.79. The molecule has 0 unspecified atom stereocenters. The summed E-state index contributed by atoms with van der Waals surface area (Å²) in [6.07, 6.45) is 1.90. The standard InChI is InChI=1S/C15H20N2O2/c1-15(2,3)16-14(19)9-17-7-6-12-8-11(10-18)4-5-13(12)17/h4-8,18H,9-10H2,1-3H3,(H,16,19). The van der Waals surface area contributed by atoms with E-state index in [4.69, 9.17) is 5.11 Å². The number of hydrogen-bond acceptors (Lipinski definition) is 2. The lowest BCUT2D eigenvalue weighted by Crippen LogP contribution is -2.42. The fraction of sp³-hybridized carbons (Fsp3) is 0.400. The molecule has 1 heterocycles. The molecule has 102 valence electrons. The zero-order valence-electron chi connectivity index (χ0n) is 11.6. The van der Waals surface area contributed by atoms with Gasteiger partial charge in [-0.2, -0.15) is 0 Å². The van der Waals surface area contributed by atoms with Gasteiger partial charge in [-0.3, -0.25) is 4.79 Å². The van der Waals surface area contributed by atoms with Gasteiger partial charge in [0.25, 0.3) is 0 Å².